The highest BCUT2D eigenvalue weighted by Crippen LogP contribution is 2.52. The van der Waals surface area contributed by atoms with Gasteiger partial charge in [-0.25, -0.2) is 0 Å². The lowest BCUT2D eigenvalue weighted by Crippen LogP contribution is -2.36. The van der Waals surface area contributed by atoms with Gasteiger partial charge in [0.25, 0.3) is 0 Å². The quantitative estimate of drug-likeness (QED) is 0.0692. The summed E-state index contributed by atoms with van der Waals surface area (Å²) in [6, 6.07) is 25.1. The molecule has 6 rings (SSSR count). The lowest BCUT2D eigenvalue weighted by molar-refractivity contribution is 0.140. The molecule has 0 aliphatic heterocycles. The van der Waals surface area contributed by atoms with E-state index < -0.39 is 0 Å². The normalized spacial score (nSPS) is 18.3. The van der Waals surface area contributed by atoms with Crippen LogP contribution in [-0.2, 0) is 5.41 Å². The summed E-state index contributed by atoms with van der Waals surface area (Å²) in [7, 11) is 0. The number of rotatable bonds is 20. The van der Waals surface area contributed by atoms with E-state index in [0.29, 0.717) is 11.4 Å². The zero-order chi connectivity index (χ0) is 40.9. The van der Waals surface area contributed by atoms with E-state index in [1.807, 2.05) is 48.5 Å². The fraction of sp³-hybridized carbons (Fsp3) is 0.556. The lowest BCUT2D eigenvalue weighted by Gasteiger charge is -2.45. The SMILES string of the molecule is CCCCCCCCCCCCCC[C@H]1CC[C@@H](C2CCC(c3cc(C)c(Oc4cccc(N)c4)c(C)c3)(c3cc(C)c(Oc4cccc(N)c4)c(C)c3)CC2)CC1. The number of anilines is 2. The van der Waals surface area contributed by atoms with Crippen molar-refractivity contribution in [2.45, 2.75) is 175 Å². The van der Waals surface area contributed by atoms with E-state index in [9.17, 15) is 0 Å². The molecular formula is C54H76N2O2. The lowest BCUT2D eigenvalue weighted by atomic mass is 9.59. The minimum Gasteiger partial charge on any atom is -0.457 e. The van der Waals surface area contributed by atoms with Gasteiger partial charge in [0.2, 0.25) is 0 Å². The molecule has 0 heterocycles. The van der Waals surface area contributed by atoms with Crippen LogP contribution in [-0.4, -0.2) is 0 Å². The molecule has 0 amide bonds. The maximum atomic E-state index is 6.49. The Kier molecular flexibility index (Phi) is 16.1. The zero-order valence-corrected chi connectivity index (χ0v) is 37.0. The summed E-state index contributed by atoms with van der Waals surface area (Å²) < 4.78 is 13.0. The molecule has 0 aromatic heterocycles. The molecule has 2 aliphatic carbocycles. The van der Waals surface area contributed by atoms with Gasteiger partial charge >= 0.3 is 0 Å². The summed E-state index contributed by atoms with van der Waals surface area (Å²) in [5, 5.41) is 0. The van der Waals surface area contributed by atoms with Crippen molar-refractivity contribution in [2.24, 2.45) is 17.8 Å². The number of unbranched alkanes of at least 4 members (excludes halogenated alkanes) is 11. The van der Waals surface area contributed by atoms with E-state index in [1.165, 1.54) is 168 Å². The van der Waals surface area contributed by atoms with Crippen LogP contribution in [0.5, 0.6) is 23.0 Å². The first-order valence-electron chi connectivity index (χ1n) is 23.5. The summed E-state index contributed by atoms with van der Waals surface area (Å²) in [5.41, 5.74) is 21.1. The van der Waals surface area contributed by atoms with E-state index in [4.69, 9.17) is 20.9 Å². The van der Waals surface area contributed by atoms with Crippen LogP contribution in [0.3, 0.4) is 0 Å². The number of nitrogen functional groups attached to an aromatic ring is 2. The van der Waals surface area contributed by atoms with Gasteiger partial charge in [0.15, 0.2) is 0 Å². The molecule has 0 bridgehead atoms. The number of ether oxygens (including phenoxy) is 2. The Balaban J connectivity index is 1.09. The largest absolute Gasteiger partial charge is 0.457 e. The van der Waals surface area contributed by atoms with Crippen molar-refractivity contribution in [2.75, 3.05) is 11.5 Å². The molecule has 0 saturated heterocycles. The topological polar surface area (TPSA) is 70.5 Å². The first-order valence-corrected chi connectivity index (χ1v) is 23.5. The smallest absolute Gasteiger partial charge is 0.133 e. The average molecular weight is 785 g/mol. The number of nitrogens with two attached hydrogens (primary N) is 2. The van der Waals surface area contributed by atoms with Crippen LogP contribution >= 0.6 is 0 Å². The molecular weight excluding hydrogens is 709 g/mol. The van der Waals surface area contributed by atoms with Crippen molar-refractivity contribution in [3.8, 4) is 23.0 Å². The molecule has 0 spiro atoms. The van der Waals surface area contributed by atoms with Crippen molar-refractivity contribution in [3.05, 3.63) is 106 Å². The molecule has 0 radical (unpaired) electrons. The van der Waals surface area contributed by atoms with Crippen LogP contribution in [0.1, 0.15) is 175 Å². The third-order valence-electron chi connectivity index (χ3n) is 14.1. The van der Waals surface area contributed by atoms with Crippen LogP contribution in [0.25, 0.3) is 0 Å². The van der Waals surface area contributed by atoms with Gasteiger partial charge < -0.3 is 20.9 Å². The monoisotopic (exact) mass is 785 g/mol. The molecule has 0 atom stereocenters. The highest BCUT2D eigenvalue weighted by atomic mass is 16.5. The molecule has 2 fully saturated rings. The molecule has 314 valence electrons. The first-order chi connectivity index (χ1) is 28.1. The van der Waals surface area contributed by atoms with Crippen molar-refractivity contribution in [1.29, 1.82) is 0 Å². The second-order valence-corrected chi connectivity index (χ2v) is 18.6. The van der Waals surface area contributed by atoms with Gasteiger partial charge in [-0.15, -0.1) is 0 Å². The van der Waals surface area contributed by atoms with Crippen molar-refractivity contribution in [3.63, 3.8) is 0 Å². The Labute approximate surface area is 352 Å². The Bertz CT molecular complexity index is 1730. The standard InChI is InChI=1S/C54H76N2O2/c1-6-7-8-9-10-11-12-13-14-15-16-17-20-43-25-27-44(28-26-43)45-29-31-54(32-30-45,46-33-39(2)52(40(3)34-46)57-50-23-18-21-48(55)37-50)47-35-41(4)53(42(5)36-47)58-51-24-19-22-49(56)38-51/h18-19,21-24,33-38,43-45H,6-17,20,25-32,55-56H2,1-5H3/t43-,44+. The highest BCUT2D eigenvalue weighted by molar-refractivity contribution is 5.55. The number of aryl methyl sites for hydroxylation is 4. The molecule has 4 aromatic rings. The fourth-order valence-electron chi connectivity index (χ4n) is 10.7. The Morgan fingerprint density at radius 3 is 1.31 bits per heavy atom. The third-order valence-corrected chi connectivity index (χ3v) is 14.1. The molecule has 0 unspecified atom stereocenters. The molecule has 4 nitrogen and oxygen atoms in total. The second kappa shape index (κ2) is 21.4. The van der Waals surface area contributed by atoms with E-state index >= 15 is 0 Å². The summed E-state index contributed by atoms with van der Waals surface area (Å²) in [6.45, 7) is 11.1. The Morgan fingerprint density at radius 1 is 0.500 bits per heavy atom. The minimum absolute atomic E-state index is 0.0706. The molecule has 2 saturated carbocycles. The fourth-order valence-corrected chi connectivity index (χ4v) is 10.7. The minimum atomic E-state index is -0.0706. The van der Waals surface area contributed by atoms with Crippen molar-refractivity contribution >= 4 is 11.4 Å². The summed E-state index contributed by atoms with van der Waals surface area (Å²) in [5.74, 6) is 6.07. The van der Waals surface area contributed by atoms with Crippen LogP contribution in [0.4, 0.5) is 11.4 Å². The van der Waals surface area contributed by atoms with Crippen LogP contribution in [0.15, 0.2) is 72.8 Å². The highest BCUT2D eigenvalue weighted by Gasteiger charge is 2.42. The molecule has 4 aromatic carbocycles. The van der Waals surface area contributed by atoms with Gasteiger partial charge in [0.05, 0.1) is 0 Å². The molecule has 4 heteroatoms. The second-order valence-electron chi connectivity index (χ2n) is 18.6. The van der Waals surface area contributed by atoms with E-state index in [1.54, 1.807) is 0 Å². The van der Waals surface area contributed by atoms with Gasteiger partial charge in [0, 0.05) is 28.9 Å². The van der Waals surface area contributed by atoms with Crippen molar-refractivity contribution < 1.29 is 9.47 Å². The van der Waals surface area contributed by atoms with Gasteiger partial charge in [-0.05, 0) is 142 Å². The van der Waals surface area contributed by atoms with E-state index in [0.717, 1.165) is 40.8 Å². The van der Waals surface area contributed by atoms with Crippen molar-refractivity contribution in [1.82, 2.24) is 0 Å². The first kappa shape index (κ1) is 43.7. The van der Waals surface area contributed by atoms with Gasteiger partial charge in [0.1, 0.15) is 23.0 Å². The maximum Gasteiger partial charge on any atom is 0.133 e. The summed E-state index contributed by atoms with van der Waals surface area (Å²) >= 11 is 0. The van der Waals surface area contributed by atoms with Gasteiger partial charge in [-0.3, -0.25) is 0 Å². The molecule has 4 N–H and O–H groups in total. The maximum absolute atomic E-state index is 6.49. The zero-order valence-electron chi connectivity index (χ0n) is 37.0. The predicted octanol–water partition coefficient (Wildman–Crippen LogP) is 16.0. The Hall–Kier alpha value is -3.92. The van der Waals surface area contributed by atoms with E-state index in [-0.39, 0.29) is 5.41 Å². The average Bonchev–Trinajstić information content (AvgIpc) is 3.21. The van der Waals surface area contributed by atoms with Crippen LogP contribution < -0.4 is 20.9 Å². The van der Waals surface area contributed by atoms with Crippen LogP contribution in [0.2, 0.25) is 0 Å². The van der Waals surface area contributed by atoms with E-state index in [2.05, 4.69) is 58.9 Å². The van der Waals surface area contributed by atoms with Crippen LogP contribution in [0, 0.1) is 45.4 Å². The molecule has 58 heavy (non-hydrogen) atoms. The Morgan fingerprint density at radius 2 is 0.897 bits per heavy atom. The number of benzene rings is 4. The summed E-state index contributed by atoms with van der Waals surface area (Å²) in [6.07, 6.45) is 29.4. The predicted molar refractivity (Wildman–Crippen MR) is 248 cm³/mol. The van der Waals surface area contributed by atoms with Gasteiger partial charge in [-0.1, -0.05) is 140 Å². The number of hydrogen-bond acceptors (Lipinski definition) is 4. The third kappa shape index (κ3) is 11.6. The van der Waals surface area contributed by atoms with Gasteiger partial charge in [-0.2, -0.15) is 0 Å². The number of hydrogen-bond donors (Lipinski definition) is 2. The summed E-state index contributed by atoms with van der Waals surface area (Å²) in [4.78, 5) is 0. The molecule has 2 aliphatic rings.